The summed E-state index contributed by atoms with van der Waals surface area (Å²) in [5.74, 6) is 0. The highest BCUT2D eigenvalue weighted by atomic mass is 14.9. The average Bonchev–Trinajstić information content (AvgIpc) is 2.59. The number of aryl methyl sites for hydroxylation is 3. The third-order valence-electron chi connectivity index (χ3n) is 4.09. The van der Waals surface area contributed by atoms with Gasteiger partial charge in [-0.3, -0.25) is 4.99 Å². The number of benzene rings is 3. The van der Waals surface area contributed by atoms with Gasteiger partial charge in [-0.15, -0.1) is 0 Å². The maximum Gasteiger partial charge on any atom is 0.0630 e. The molecule has 0 aromatic heterocycles. The van der Waals surface area contributed by atoms with E-state index in [0.29, 0.717) is 0 Å². The van der Waals surface area contributed by atoms with Gasteiger partial charge in [-0.25, -0.2) is 0 Å². The maximum absolute atomic E-state index is 4.60. The van der Waals surface area contributed by atoms with Crippen molar-refractivity contribution in [1.82, 2.24) is 0 Å². The molecule has 0 radical (unpaired) electrons. The van der Waals surface area contributed by atoms with Crippen LogP contribution in [0.4, 0.5) is 17.1 Å². The number of hydrogen-bond acceptors (Lipinski definition) is 2. The second-order valence-corrected chi connectivity index (χ2v) is 6.07. The average molecular weight is 314 g/mol. The number of aliphatic imine (C=N–C) groups is 1. The Labute approximate surface area is 143 Å². The molecule has 0 spiro atoms. The van der Waals surface area contributed by atoms with Crippen LogP contribution in [0.3, 0.4) is 0 Å². The molecule has 0 fully saturated rings. The van der Waals surface area contributed by atoms with E-state index in [1.165, 1.54) is 16.7 Å². The lowest BCUT2D eigenvalue weighted by Gasteiger charge is -2.14. The van der Waals surface area contributed by atoms with Gasteiger partial charge < -0.3 is 5.32 Å². The Kier molecular flexibility index (Phi) is 4.76. The molecule has 0 saturated heterocycles. The normalized spacial score (nSPS) is 11.0. The number of rotatable bonds is 4. The molecule has 24 heavy (non-hydrogen) atoms. The molecule has 3 rings (SSSR count). The van der Waals surface area contributed by atoms with E-state index in [1.807, 2.05) is 30.5 Å². The summed E-state index contributed by atoms with van der Waals surface area (Å²) in [5.41, 5.74) is 7.97. The SMILES string of the molecule is Cc1ccc(N=Cc2ccccc2Nc2c(C)cccc2C)cc1. The van der Waals surface area contributed by atoms with Crippen LogP contribution >= 0.6 is 0 Å². The fourth-order valence-corrected chi connectivity index (χ4v) is 2.64. The molecule has 0 amide bonds. The van der Waals surface area contributed by atoms with Crippen LogP contribution in [0.15, 0.2) is 71.7 Å². The molecule has 0 bridgehead atoms. The van der Waals surface area contributed by atoms with Crippen LogP contribution in [-0.4, -0.2) is 6.21 Å². The first-order valence-corrected chi connectivity index (χ1v) is 8.16. The van der Waals surface area contributed by atoms with Crippen molar-refractivity contribution in [3.63, 3.8) is 0 Å². The first kappa shape index (κ1) is 16.0. The van der Waals surface area contributed by atoms with Crippen LogP contribution in [0.2, 0.25) is 0 Å². The molecular weight excluding hydrogens is 292 g/mol. The first-order chi connectivity index (χ1) is 11.6. The van der Waals surface area contributed by atoms with Gasteiger partial charge in [0.15, 0.2) is 0 Å². The molecule has 0 heterocycles. The van der Waals surface area contributed by atoms with Gasteiger partial charge in [0.2, 0.25) is 0 Å². The minimum Gasteiger partial charge on any atom is -0.355 e. The Morgan fingerprint density at radius 2 is 1.42 bits per heavy atom. The minimum absolute atomic E-state index is 0.961. The summed E-state index contributed by atoms with van der Waals surface area (Å²) in [5, 5.41) is 3.56. The van der Waals surface area contributed by atoms with Crippen molar-refractivity contribution < 1.29 is 0 Å². The number of hydrogen-bond donors (Lipinski definition) is 1. The Balaban J connectivity index is 1.89. The van der Waals surface area contributed by atoms with E-state index in [1.54, 1.807) is 0 Å². The summed E-state index contributed by atoms with van der Waals surface area (Å²) >= 11 is 0. The van der Waals surface area contributed by atoms with Crippen LogP contribution < -0.4 is 5.32 Å². The van der Waals surface area contributed by atoms with Crippen LogP contribution in [0.5, 0.6) is 0 Å². The second kappa shape index (κ2) is 7.14. The van der Waals surface area contributed by atoms with E-state index in [2.05, 4.69) is 73.5 Å². The van der Waals surface area contributed by atoms with E-state index in [-0.39, 0.29) is 0 Å². The van der Waals surface area contributed by atoms with E-state index < -0.39 is 0 Å². The van der Waals surface area contributed by atoms with Crippen molar-refractivity contribution in [2.24, 2.45) is 4.99 Å². The zero-order valence-corrected chi connectivity index (χ0v) is 14.4. The summed E-state index contributed by atoms with van der Waals surface area (Å²) in [6.45, 7) is 6.33. The molecule has 120 valence electrons. The van der Waals surface area contributed by atoms with Gasteiger partial charge in [0, 0.05) is 23.2 Å². The van der Waals surface area contributed by atoms with Gasteiger partial charge in [-0.2, -0.15) is 0 Å². The highest BCUT2D eigenvalue weighted by Crippen LogP contribution is 2.26. The third kappa shape index (κ3) is 3.72. The molecule has 1 N–H and O–H groups in total. The highest BCUT2D eigenvalue weighted by Gasteiger charge is 2.05. The van der Waals surface area contributed by atoms with Crippen molar-refractivity contribution in [2.45, 2.75) is 20.8 Å². The number of nitrogens with zero attached hydrogens (tertiary/aromatic N) is 1. The third-order valence-corrected chi connectivity index (χ3v) is 4.09. The highest BCUT2D eigenvalue weighted by molar-refractivity contribution is 5.90. The standard InChI is InChI=1S/C22H22N2/c1-16-11-13-20(14-12-16)23-15-19-9-4-5-10-21(19)24-22-17(2)7-6-8-18(22)3/h4-15,24H,1-3H3. The predicted octanol–water partition coefficient (Wildman–Crippen LogP) is 6.11. The molecule has 0 aliphatic heterocycles. The number of nitrogens with one attached hydrogen (secondary N) is 1. The van der Waals surface area contributed by atoms with E-state index in [4.69, 9.17) is 0 Å². The zero-order valence-electron chi connectivity index (χ0n) is 14.4. The molecule has 3 aromatic rings. The lowest BCUT2D eigenvalue weighted by atomic mass is 10.1. The molecule has 0 unspecified atom stereocenters. The van der Waals surface area contributed by atoms with Gasteiger partial charge in [-0.1, -0.05) is 54.1 Å². The molecule has 2 heteroatoms. The van der Waals surface area contributed by atoms with Gasteiger partial charge in [0.25, 0.3) is 0 Å². The largest absolute Gasteiger partial charge is 0.355 e. The molecule has 3 aromatic carbocycles. The van der Waals surface area contributed by atoms with E-state index in [9.17, 15) is 0 Å². The Bertz CT molecular complexity index is 841. The second-order valence-electron chi connectivity index (χ2n) is 6.07. The molecule has 0 aliphatic rings. The van der Waals surface area contributed by atoms with Crippen LogP contribution in [-0.2, 0) is 0 Å². The Morgan fingerprint density at radius 3 is 2.12 bits per heavy atom. The van der Waals surface area contributed by atoms with Gasteiger partial charge in [0.05, 0.1) is 5.69 Å². The van der Waals surface area contributed by atoms with Crippen molar-refractivity contribution in [3.05, 3.63) is 89.0 Å². The quantitative estimate of drug-likeness (QED) is 0.578. The summed E-state index contributed by atoms with van der Waals surface area (Å²) in [4.78, 5) is 4.60. The topological polar surface area (TPSA) is 24.4 Å². The van der Waals surface area contributed by atoms with Crippen molar-refractivity contribution in [2.75, 3.05) is 5.32 Å². The monoisotopic (exact) mass is 314 g/mol. The smallest absolute Gasteiger partial charge is 0.0630 e. The van der Waals surface area contributed by atoms with Crippen LogP contribution in [0.1, 0.15) is 22.3 Å². The van der Waals surface area contributed by atoms with Crippen LogP contribution in [0, 0.1) is 20.8 Å². The van der Waals surface area contributed by atoms with Crippen molar-refractivity contribution >= 4 is 23.3 Å². The molecule has 0 aliphatic carbocycles. The summed E-state index contributed by atoms with van der Waals surface area (Å²) in [7, 11) is 0. The van der Waals surface area contributed by atoms with Gasteiger partial charge >= 0.3 is 0 Å². The first-order valence-electron chi connectivity index (χ1n) is 8.16. The lowest BCUT2D eigenvalue weighted by molar-refractivity contribution is 1.36. The lowest BCUT2D eigenvalue weighted by Crippen LogP contribution is -1.99. The van der Waals surface area contributed by atoms with E-state index in [0.717, 1.165) is 22.6 Å². The zero-order chi connectivity index (χ0) is 16.9. The summed E-state index contributed by atoms with van der Waals surface area (Å²) < 4.78 is 0. The maximum atomic E-state index is 4.60. The summed E-state index contributed by atoms with van der Waals surface area (Å²) in [6, 6.07) is 22.8. The minimum atomic E-state index is 0.961. The van der Waals surface area contributed by atoms with E-state index >= 15 is 0 Å². The molecule has 0 atom stereocenters. The molecule has 2 nitrogen and oxygen atoms in total. The molecule has 0 saturated carbocycles. The summed E-state index contributed by atoms with van der Waals surface area (Å²) in [6.07, 6.45) is 1.92. The number of para-hydroxylation sites is 2. The Morgan fingerprint density at radius 1 is 0.750 bits per heavy atom. The van der Waals surface area contributed by atoms with Crippen molar-refractivity contribution in [1.29, 1.82) is 0 Å². The fourth-order valence-electron chi connectivity index (χ4n) is 2.64. The number of anilines is 2. The van der Waals surface area contributed by atoms with Crippen molar-refractivity contribution in [3.8, 4) is 0 Å². The van der Waals surface area contributed by atoms with Crippen LogP contribution in [0.25, 0.3) is 0 Å². The fraction of sp³-hybridized carbons (Fsp3) is 0.136. The Hall–Kier alpha value is -2.87. The predicted molar refractivity (Wildman–Crippen MR) is 104 cm³/mol. The van der Waals surface area contributed by atoms with Gasteiger partial charge in [0.1, 0.15) is 0 Å². The molecular formula is C22H22N2. The van der Waals surface area contributed by atoms with Gasteiger partial charge in [-0.05, 0) is 50.1 Å².